The molecule has 2 N–H and O–H groups in total. The Kier molecular flexibility index (Phi) is 5.88. The summed E-state index contributed by atoms with van der Waals surface area (Å²) in [5.74, 6) is -0.0412. The van der Waals surface area contributed by atoms with Crippen molar-refractivity contribution >= 4 is 50.5 Å². The second-order valence-electron chi connectivity index (χ2n) is 4.16. The second kappa shape index (κ2) is 7.67. The van der Waals surface area contributed by atoms with Crippen LogP contribution in [0.25, 0.3) is 0 Å². The Morgan fingerprint density at radius 1 is 1.35 bits per heavy atom. The number of nitrogens with one attached hydrogen (secondary N) is 2. The van der Waals surface area contributed by atoms with E-state index < -0.39 is 0 Å². The van der Waals surface area contributed by atoms with E-state index in [4.69, 9.17) is 11.6 Å². The molecule has 0 spiro atoms. The first kappa shape index (κ1) is 15.4. The van der Waals surface area contributed by atoms with Crippen molar-refractivity contribution in [3.63, 3.8) is 0 Å². The largest absolute Gasteiger partial charge is 0.375 e. The van der Waals surface area contributed by atoms with Gasteiger partial charge in [-0.1, -0.05) is 33.6 Å². The van der Waals surface area contributed by atoms with Crippen molar-refractivity contribution in [2.45, 2.75) is 6.42 Å². The molecule has 0 aliphatic heterocycles. The van der Waals surface area contributed by atoms with Crippen molar-refractivity contribution in [3.05, 3.63) is 50.1 Å². The lowest BCUT2D eigenvalue weighted by atomic mass is 10.3. The SMILES string of the molecule is O=C(CNc1ccc(Br)cc1Cl)NCCc1cccs1. The molecule has 0 radical (unpaired) electrons. The average molecular weight is 374 g/mol. The summed E-state index contributed by atoms with van der Waals surface area (Å²) in [6.07, 6.45) is 0.864. The fourth-order valence-electron chi connectivity index (χ4n) is 1.65. The lowest BCUT2D eigenvalue weighted by Gasteiger charge is -2.09. The summed E-state index contributed by atoms with van der Waals surface area (Å²) in [6.45, 7) is 0.862. The molecule has 1 heterocycles. The first-order chi connectivity index (χ1) is 9.65. The molecular weight excluding hydrogens is 360 g/mol. The van der Waals surface area contributed by atoms with Gasteiger partial charge in [-0.25, -0.2) is 0 Å². The predicted octanol–water partition coefficient (Wildman–Crippen LogP) is 3.93. The van der Waals surface area contributed by atoms with Crippen molar-refractivity contribution in [2.24, 2.45) is 0 Å². The van der Waals surface area contributed by atoms with Crippen LogP contribution < -0.4 is 10.6 Å². The highest BCUT2D eigenvalue weighted by Gasteiger charge is 2.04. The van der Waals surface area contributed by atoms with Crippen LogP contribution in [0.2, 0.25) is 5.02 Å². The third kappa shape index (κ3) is 4.81. The van der Waals surface area contributed by atoms with Crippen molar-refractivity contribution in [1.82, 2.24) is 5.32 Å². The summed E-state index contributed by atoms with van der Waals surface area (Å²) in [7, 11) is 0. The summed E-state index contributed by atoms with van der Waals surface area (Å²) >= 11 is 11.1. The molecule has 20 heavy (non-hydrogen) atoms. The van der Waals surface area contributed by atoms with E-state index >= 15 is 0 Å². The number of anilines is 1. The average Bonchev–Trinajstić information content (AvgIpc) is 2.91. The third-order valence-corrected chi connectivity index (χ3v) is 4.39. The van der Waals surface area contributed by atoms with E-state index in [0.717, 1.165) is 16.6 Å². The Morgan fingerprint density at radius 2 is 2.20 bits per heavy atom. The van der Waals surface area contributed by atoms with Gasteiger partial charge in [0.1, 0.15) is 0 Å². The maximum Gasteiger partial charge on any atom is 0.239 e. The zero-order valence-electron chi connectivity index (χ0n) is 10.7. The molecule has 2 rings (SSSR count). The number of carbonyl (C=O) groups excluding carboxylic acids is 1. The minimum Gasteiger partial charge on any atom is -0.375 e. The van der Waals surface area contributed by atoms with E-state index in [2.05, 4.69) is 32.6 Å². The second-order valence-corrected chi connectivity index (χ2v) is 6.51. The zero-order chi connectivity index (χ0) is 14.4. The number of thiophene rings is 1. The van der Waals surface area contributed by atoms with E-state index in [1.54, 1.807) is 17.4 Å². The number of halogens is 2. The van der Waals surface area contributed by atoms with Gasteiger partial charge in [-0.3, -0.25) is 4.79 Å². The number of hydrogen-bond donors (Lipinski definition) is 2. The maximum absolute atomic E-state index is 11.7. The van der Waals surface area contributed by atoms with Crippen LogP contribution in [-0.4, -0.2) is 19.0 Å². The highest BCUT2D eigenvalue weighted by molar-refractivity contribution is 9.10. The van der Waals surface area contributed by atoms with Crippen molar-refractivity contribution in [3.8, 4) is 0 Å². The molecule has 0 bridgehead atoms. The molecule has 0 fully saturated rings. The molecule has 1 aromatic heterocycles. The molecule has 6 heteroatoms. The Morgan fingerprint density at radius 3 is 2.90 bits per heavy atom. The normalized spacial score (nSPS) is 10.3. The Bertz CT molecular complexity index is 575. The number of amides is 1. The summed E-state index contributed by atoms with van der Waals surface area (Å²) in [5.41, 5.74) is 0.753. The van der Waals surface area contributed by atoms with Crippen LogP contribution in [-0.2, 0) is 11.2 Å². The van der Waals surface area contributed by atoms with E-state index in [1.807, 2.05) is 23.6 Å². The Labute approximate surface area is 135 Å². The molecule has 106 valence electrons. The third-order valence-electron chi connectivity index (χ3n) is 2.64. The monoisotopic (exact) mass is 372 g/mol. The highest BCUT2D eigenvalue weighted by atomic mass is 79.9. The van der Waals surface area contributed by atoms with E-state index in [1.165, 1.54) is 4.88 Å². The van der Waals surface area contributed by atoms with Crippen LogP contribution in [0.3, 0.4) is 0 Å². The molecule has 0 atom stereocenters. The lowest BCUT2D eigenvalue weighted by Crippen LogP contribution is -2.31. The molecule has 3 nitrogen and oxygen atoms in total. The molecular formula is C14H14BrClN2OS. The summed E-state index contributed by atoms with van der Waals surface area (Å²) in [5, 5.41) is 8.52. The zero-order valence-corrected chi connectivity index (χ0v) is 13.8. The summed E-state index contributed by atoms with van der Waals surface area (Å²) < 4.78 is 0.911. The van der Waals surface area contributed by atoms with Gasteiger partial charge in [0.15, 0.2) is 0 Å². The van der Waals surface area contributed by atoms with E-state index in [9.17, 15) is 4.79 Å². The molecule has 2 aromatic rings. The van der Waals surface area contributed by atoms with Gasteiger partial charge in [-0.15, -0.1) is 11.3 Å². The summed E-state index contributed by atoms with van der Waals surface area (Å²) in [4.78, 5) is 13.0. The van der Waals surface area contributed by atoms with Crippen molar-refractivity contribution in [2.75, 3.05) is 18.4 Å². The molecule has 0 saturated carbocycles. The molecule has 1 amide bonds. The minimum absolute atomic E-state index is 0.0412. The van der Waals surface area contributed by atoms with Crippen molar-refractivity contribution < 1.29 is 4.79 Å². The number of rotatable bonds is 6. The molecule has 0 saturated heterocycles. The summed E-state index contributed by atoms with van der Waals surface area (Å²) in [6, 6.07) is 9.59. The standard InChI is InChI=1S/C14H14BrClN2OS/c15-10-3-4-13(12(16)8-10)18-9-14(19)17-6-5-11-2-1-7-20-11/h1-4,7-8,18H,5-6,9H2,(H,17,19). The van der Waals surface area contributed by atoms with Crippen LogP contribution in [0.4, 0.5) is 5.69 Å². The van der Waals surface area contributed by atoms with Gasteiger partial charge < -0.3 is 10.6 Å². The maximum atomic E-state index is 11.7. The van der Waals surface area contributed by atoms with Crippen molar-refractivity contribution in [1.29, 1.82) is 0 Å². The predicted molar refractivity (Wildman–Crippen MR) is 88.7 cm³/mol. The molecule has 0 unspecified atom stereocenters. The fraction of sp³-hybridized carbons (Fsp3) is 0.214. The van der Waals surface area contributed by atoms with Gasteiger partial charge in [0.2, 0.25) is 5.91 Å². The fourth-order valence-corrected chi connectivity index (χ4v) is 3.10. The first-order valence-corrected chi connectivity index (χ1v) is 8.18. The number of hydrogen-bond acceptors (Lipinski definition) is 3. The topological polar surface area (TPSA) is 41.1 Å². The Hall–Kier alpha value is -1.04. The van der Waals surface area contributed by atoms with Gasteiger partial charge in [0.05, 0.1) is 17.3 Å². The van der Waals surface area contributed by atoms with Gasteiger partial charge in [0.25, 0.3) is 0 Å². The van der Waals surface area contributed by atoms with Crippen LogP contribution in [0, 0.1) is 0 Å². The highest BCUT2D eigenvalue weighted by Crippen LogP contribution is 2.25. The van der Waals surface area contributed by atoms with Gasteiger partial charge in [-0.05, 0) is 36.1 Å². The molecule has 0 aliphatic rings. The first-order valence-electron chi connectivity index (χ1n) is 6.13. The smallest absolute Gasteiger partial charge is 0.239 e. The van der Waals surface area contributed by atoms with Crippen LogP contribution in [0.1, 0.15) is 4.88 Å². The van der Waals surface area contributed by atoms with Gasteiger partial charge in [-0.2, -0.15) is 0 Å². The quantitative estimate of drug-likeness (QED) is 0.805. The van der Waals surface area contributed by atoms with E-state index in [-0.39, 0.29) is 12.5 Å². The van der Waals surface area contributed by atoms with Crippen LogP contribution in [0.15, 0.2) is 40.2 Å². The minimum atomic E-state index is -0.0412. The van der Waals surface area contributed by atoms with Gasteiger partial charge in [0, 0.05) is 15.9 Å². The van der Waals surface area contributed by atoms with E-state index in [0.29, 0.717) is 11.6 Å². The van der Waals surface area contributed by atoms with Crippen LogP contribution in [0.5, 0.6) is 0 Å². The number of benzene rings is 1. The van der Waals surface area contributed by atoms with Gasteiger partial charge >= 0.3 is 0 Å². The number of carbonyl (C=O) groups is 1. The molecule has 1 aromatic carbocycles. The Balaban J connectivity index is 1.72. The lowest BCUT2D eigenvalue weighted by molar-refractivity contribution is -0.119. The molecule has 0 aliphatic carbocycles. The van der Waals surface area contributed by atoms with Crippen LogP contribution >= 0.6 is 38.9 Å².